The number of carbonyl (C=O) groups excluding carboxylic acids is 2. The molecule has 2 atom stereocenters. The zero-order valence-corrected chi connectivity index (χ0v) is 10.0. The fourth-order valence-electron chi connectivity index (χ4n) is 1.66. The second-order valence-electron chi connectivity index (χ2n) is 3.95. The number of methoxy groups -OCH3 is 1. The van der Waals surface area contributed by atoms with Crippen molar-refractivity contribution in [3.8, 4) is 0 Å². The molecule has 90 valence electrons. The first-order chi connectivity index (χ1) is 8.10. The molecule has 1 aromatic rings. The van der Waals surface area contributed by atoms with Gasteiger partial charge in [0.25, 0.3) is 5.91 Å². The molecule has 0 aromatic heterocycles. The topological polar surface area (TPSA) is 55.4 Å². The zero-order valence-electron chi connectivity index (χ0n) is 9.27. The monoisotopic (exact) mass is 253 g/mol. The summed E-state index contributed by atoms with van der Waals surface area (Å²) in [5, 5.41) is 2.24. The average Bonchev–Trinajstić information content (AvgIpc) is 3.01. The van der Waals surface area contributed by atoms with Crippen molar-refractivity contribution in [1.29, 1.82) is 0 Å². The molecule has 1 amide bonds. The zero-order chi connectivity index (χ0) is 12.5. The van der Waals surface area contributed by atoms with Crippen molar-refractivity contribution < 1.29 is 14.3 Å². The number of nitrogens with one attached hydrogen (secondary N) is 1. The van der Waals surface area contributed by atoms with E-state index in [1.54, 1.807) is 24.3 Å². The molecule has 0 unspecified atom stereocenters. The Hall–Kier alpha value is -1.55. The number of hydrogen-bond acceptors (Lipinski definition) is 3. The van der Waals surface area contributed by atoms with Crippen molar-refractivity contribution in [1.82, 2.24) is 5.32 Å². The van der Waals surface area contributed by atoms with Gasteiger partial charge in [-0.25, -0.2) is 4.79 Å². The molecular weight excluding hydrogens is 242 g/mol. The third-order valence-corrected chi connectivity index (χ3v) is 3.32. The highest BCUT2D eigenvalue weighted by atomic mass is 35.5. The van der Waals surface area contributed by atoms with Gasteiger partial charge in [-0.3, -0.25) is 4.79 Å². The van der Waals surface area contributed by atoms with Gasteiger partial charge in [-0.15, -0.1) is 11.6 Å². The molecule has 1 aliphatic rings. The summed E-state index contributed by atoms with van der Waals surface area (Å²) in [6, 6.07) is 8.67. The van der Waals surface area contributed by atoms with Crippen LogP contribution in [0, 0.1) is 0 Å². The molecule has 1 N–H and O–H groups in total. The van der Waals surface area contributed by atoms with Crippen LogP contribution in [0.25, 0.3) is 0 Å². The maximum atomic E-state index is 11.9. The SMILES string of the molecule is COC(=O)[C@@]1(NC(=O)c2ccccc2)C[C@H]1Cl. The quantitative estimate of drug-likeness (QED) is 0.653. The van der Waals surface area contributed by atoms with Crippen LogP contribution in [0.2, 0.25) is 0 Å². The molecule has 0 saturated heterocycles. The van der Waals surface area contributed by atoms with E-state index in [2.05, 4.69) is 10.1 Å². The van der Waals surface area contributed by atoms with Crippen molar-refractivity contribution in [3.63, 3.8) is 0 Å². The van der Waals surface area contributed by atoms with E-state index in [0.717, 1.165) is 0 Å². The summed E-state index contributed by atoms with van der Waals surface area (Å²) < 4.78 is 4.65. The fourth-order valence-corrected chi connectivity index (χ4v) is 2.05. The van der Waals surface area contributed by atoms with Gasteiger partial charge in [0.1, 0.15) is 0 Å². The van der Waals surface area contributed by atoms with Gasteiger partial charge in [0.15, 0.2) is 5.54 Å². The predicted octanol–water partition coefficient (Wildman–Crippen LogP) is 1.34. The van der Waals surface area contributed by atoms with E-state index in [9.17, 15) is 9.59 Å². The summed E-state index contributed by atoms with van der Waals surface area (Å²) in [7, 11) is 1.28. The Balaban J connectivity index is 2.11. The molecule has 2 rings (SSSR count). The molecular formula is C12H12ClNO3. The summed E-state index contributed by atoms with van der Waals surface area (Å²) in [5.74, 6) is -0.819. The summed E-state index contributed by atoms with van der Waals surface area (Å²) in [6.07, 6.45) is 0.403. The van der Waals surface area contributed by atoms with Gasteiger partial charge >= 0.3 is 5.97 Å². The highest BCUT2D eigenvalue weighted by molar-refractivity contribution is 6.27. The van der Waals surface area contributed by atoms with Crippen LogP contribution < -0.4 is 5.32 Å². The van der Waals surface area contributed by atoms with Gasteiger partial charge in [0, 0.05) is 12.0 Å². The molecule has 0 spiro atoms. The molecule has 5 heteroatoms. The predicted molar refractivity (Wildman–Crippen MR) is 62.9 cm³/mol. The van der Waals surface area contributed by atoms with E-state index in [0.29, 0.717) is 12.0 Å². The van der Waals surface area contributed by atoms with Crippen molar-refractivity contribution >= 4 is 23.5 Å². The first-order valence-electron chi connectivity index (χ1n) is 5.20. The maximum absolute atomic E-state index is 11.9. The largest absolute Gasteiger partial charge is 0.467 e. The van der Waals surface area contributed by atoms with Crippen molar-refractivity contribution in [3.05, 3.63) is 35.9 Å². The van der Waals surface area contributed by atoms with E-state index >= 15 is 0 Å². The lowest BCUT2D eigenvalue weighted by atomic mass is 10.2. The molecule has 17 heavy (non-hydrogen) atoms. The number of amides is 1. The van der Waals surface area contributed by atoms with Gasteiger partial charge in [0.05, 0.1) is 12.5 Å². The molecule has 1 saturated carbocycles. The number of halogens is 1. The van der Waals surface area contributed by atoms with Gasteiger partial charge in [0.2, 0.25) is 0 Å². The minimum Gasteiger partial charge on any atom is -0.467 e. The number of ether oxygens (including phenoxy) is 1. The highest BCUT2D eigenvalue weighted by Crippen LogP contribution is 2.42. The van der Waals surface area contributed by atoms with E-state index < -0.39 is 16.9 Å². The Kier molecular flexibility index (Phi) is 3.07. The van der Waals surface area contributed by atoms with E-state index in [4.69, 9.17) is 11.6 Å². The van der Waals surface area contributed by atoms with Crippen molar-refractivity contribution in [2.75, 3.05) is 7.11 Å². The van der Waals surface area contributed by atoms with Crippen LogP contribution in [0.4, 0.5) is 0 Å². The lowest BCUT2D eigenvalue weighted by molar-refractivity contribution is -0.144. The number of hydrogen-bond donors (Lipinski definition) is 1. The Morgan fingerprint density at radius 3 is 2.47 bits per heavy atom. The van der Waals surface area contributed by atoms with Crippen LogP contribution >= 0.6 is 11.6 Å². The molecule has 0 radical (unpaired) electrons. The van der Waals surface area contributed by atoms with Gasteiger partial charge in [-0.2, -0.15) is 0 Å². The summed E-state index contributed by atoms with van der Waals surface area (Å²) in [6.45, 7) is 0. The van der Waals surface area contributed by atoms with Crippen LogP contribution in [0.15, 0.2) is 30.3 Å². The van der Waals surface area contributed by atoms with Crippen LogP contribution in [-0.4, -0.2) is 29.9 Å². The lowest BCUT2D eigenvalue weighted by Gasteiger charge is -2.15. The third kappa shape index (κ3) is 2.13. The smallest absolute Gasteiger partial charge is 0.333 e. The third-order valence-electron chi connectivity index (χ3n) is 2.80. The molecule has 0 bridgehead atoms. The molecule has 0 aliphatic heterocycles. The summed E-state index contributed by atoms with van der Waals surface area (Å²) >= 11 is 5.90. The van der Waals surface area contributed by atoms with Crippen LogP contribution in [-0.2, 0) is 9.53 Å². The normalized spacial score (nSPS) is 26.1. The maximum Gasteiger partial charge on any atom is 0.333 e. The van der Waals surface area contributed by atoms with Crippen LogP contribution in [0.5, 0.6) is 0 Å². The first-order valence-corrected chi connectivity index (χ1v) is 5.64. The minimum atomic E-state index is -1.05. The lowest BCUT2D eigenvalue weighted by Crippen LogP contribution is -2.46. The van der Waals surface area contributed by atoms with E-state index in [1.807, 2.05) is 6.07 Å². The number of alkyl halides is 1. The van der Waals surface area contributed by atoms with Gasteiger partial charge in [-0.1, -0.05) is 18.2 Å². The second-order valence-corrected chi connectivity index (χ2v) is 4.48. The van der Waals surface area contributed by atoms with Crippen LogP contribution in [0.1, 0.15) is 16.8 Å². The molecule has 1 aliphatic carbocycles. The summed E-state index contributed by atoms with van der Waals surface area (Å²) in [5.41, 5.74) is -0.560. The van der Waals surface area contributed by atoms with Gasteiger partial charge < -0.3 is 10.1 Å². The van der Waals surface area contributed by atoms with Crippen LogP contribution in [0.3, 0.4) is 0 Å². The molecule has 4 nitrogen and oxygen atoms in total. The number of carbonyl (C=O) groups is 2. The Morgan fingerprint density at radius 2 is 2.00 bits per heavy atom. The number of rotatable bonds is 3. The van der Waals surface area contributed by atoms with Gasteiger partial charge in [-0.05, 0) is 12.1 Å². The Labute approximate surface area is 104 Å². The highest BCUT2D eigenvalue weighted by Gasteiger charge is 2.62. The average molecular weight is 254 g/mol. The Bertz CT molecular complexity index is 448. The Morgan fingerprint density at radius 1 is 1.41 bits per heavy atom. The van der Waals surface area contributed by atoms with Crippen molar-refractivity contribution in [2.45, 2.75) is 17.3 Å². The molecule has 1 fully saturated rings. The first kappa shape index (κ1) is 11.9. The summed E-state index contributed by atoms with van der Waals surface area (Å²) in [4.78, 5) is 23.4. The number of benzene rings is 1. The van der Waals surface area contributed by atoms with Crippen molar-refractivity contribution in [2.24, 2.45) is 0 Å². The number of esters is 1. The molecule has 0 heterocycles. The minimum absolute atomic E-state index is 0.320. The molecule has 1 aromatic carbocycles. The standard InChI is InChI=1S/C12H12ClNO3/c1-17-11(16)12(7-9(12)13)14-10(15)8-5-3-2-4-6-8/h2-6,9H,7H2,1H3,(H,14,15)/t9-,12-/m1/s1. The van der Waals surface area contributed by atoms with E-state index in [-0.39, 0.29) is 5.91 Å². The van der Waals surface area contributed by atoms with E-state index in [1.165, 1.54) is 7.11 Å². The second kappa shape index (κ2) is 4.37. The fraction of sp³-hybridized carbons (Fsp3) is 0.333.